The fraction of sp³-hybridized carbons (Fsp3) is 0.357. The first-order valence-electron chi connectivity index (χ1n) is 6.26. The van der Waals surface area contributed by atoms with Crippen LogP contribution in [-0.4, -0.2) is 29.5 Å². The lowest BCUT2D eigenvalue weighted by atomic mass is 10.1. The van der Waals surface area contributed by atoms with Gasteiger partial charge in [0.05, 0.1) is 12.8 Å². The Morgan fingerprint density at radius 2 is 2.10 bits per heavy atom. The van der Waals surface area contributed by atoms with E-state index in [1.54, 1.807) is 32.1 Å². The van der Waals surface area contributed by atoms with Crippen LogP contribution < -0.4 is 5.32 Å². The summed E-state index contributed by atoms with van der Waals surface area (Å²) in [6.07, 6.45) is 0. The minimum Gasteiger partial charge on any atom is -0.467 e. The van der Waals surface area contributed by atoms with E-state index in [1.165, 1.54) is 18.4 Å². The Hall–Kier alpha value is -1.73. The molecule has 0 unspecified atom stereocenters. The Kier molecular flexibility index (Phi) is 4.43. The van der Waals surface area contributed by atoms with E-state index in [0.717, 1.165) is 10.6 Å². The molecule has 2 heterocycles. The van der Waals surface area contributed by atoms with Crippen LogP contribution in [0.3, 0.4) is 0 Å². The van der Waals surface area contributed by atoms with Crippen molar-refractivity contribution in [2.24, 2.45) is 0 Å². The summed E-state index contributed by atoms with van der Waals surface area (Å²) in [5.74, 6) is -0.807. The second kappa shape index (κ2) is 5.95. The van der Waals surface area contributed by atoms with Crippen molar-refractivity contribution in [2.75, 3.05) is 7.11 Å². The van der Waals surface area contributed by atoms with Crippen molar-refractivity contribution in [3.63, 3.8) is 0 Å². The molecule has 5 nitrogen and oxygen atoms in total. The molecule has 0 radical (unpaired) electrons. The molecule has 2 aromatic rings. The number of thiophene rings is 1. The molecule has 0 aromatic carbocycles. The summed E-state index contributed by atoms with van der Waals surface area (Å²) in [7, 11) is 1.29. The van der Waals surface area contributed by atoms with E-state index in [-0.39, 0.29) is 5.91 Å². The smallest absolute Gasteiger partial charge is 0.330 e. The maximum absolute atomic E-state index is 12.3. The number of methoxy groups -OCH3 is 1. The Morgan fingerprint density at radius 3 is 2.67 bits per heavy atom. The standard InChI is InChI=1S/C14H16N2O3S2/c1-8-10(11(17)16-14(2,3)13(18)19-4)21-12(15-8)9-5-6-20-7-9/h5-7H,1-4H3,(H,16,17). The van der Waals surface area contributed by atoms with Crippen LogP contribution in [0.2, 0.25) is 0 Å². The van der Waals surface area contributed by atoms with E-state index in [4.69, 9.17) is 0 Å². The molecule has 0 spiro atoms. The van der Waals surface area contributed by atoms with Crippen LogP contribution >= 0.6 is 22.7 Å². The molecule has 0 aliphatic carbocycles. The molecule has 0 fully saturated rings. The van der Waals surface area contributed by atoms with Gasteiger partial charge in [-0.15, -0.1) is 11.3 Å². The summed E-state index contributed by atoms with van der Waals surface area (Å²) in [5.41, 5.74) is 0.573. The fourth-order valence-corrected chi connectivity index (χ4v) is 3.44. The zero-order valence-corrected chi connectivity index (χ0v) is 13.9. The third kappa shape index (κ3) is 3.30. The largest absolute Gasteiger partial charge is 0.467 e. The lowest BCUT2D eigenvalue weighted by Crippen LogP contribution is -2.50. The number of amides is 1. The Labute approximate surface area is 131 Å². The number of aromatic nitrogens is 1. The van der Waals surface area contributed by atoms with Gasteiger partial charge in [-0.05, 0) is 32.2 Å². The molecule has 0 saturated carbocycles. The first kappa shape index (κ1) is 15.7. The highest BCUT2D eigenvalue weighted by Crippen LogP contribution is 2.29. The van der Waals surface area contributed by atoms with Crippen molar-refractivity contribution >= 4 is 34.6 Å². The highest BCUT2D eigenvalue weighted by atomic mass is 32.1. The molecular weight excluding hydrogens is 308 g/mol. The second-order valence-corrected chi connectivity index (χ2v) is 6.80. The molecule has 0 atom stereocenters. The van der Waals surface area contributed by atoms with Crippen molar-refractivity contribution in [1.82, 2.24) is 10.3 Å². The number of thiazole rings is 1. The van der Waals surface area contributed by atoms with Crippen molar-refractivity contribution < 1.29 is 14.3 Å². The van der Waals surface area contributed by atoms with Gasteiger partial charge in [0.2, 0.25) is 0 Å². The summed E-state index contributed by atoms with van der Waals surface area (Å²) in [4.78, 5) is 28.9. The molecule has 1 N–H and O–H groups in total. The summed E-state index contributed by atoms with van der Waals surface area (Å²) in [6, 6.07) is 1.96. The van der Waals surface area contributed by atoms with Gasteiger partial charge < -0.3 is 10.1 Å². The number of hydrogen-bond acceptors (Lipinski definition) is 6. The fourth-order valence-electron chi connectivity index (χ4n) is 1.76. The molecule has 2 aromatic heterocycles. The topological polar surface area (TPSA) is 68.3 Å². The van der Waals surface area contributed by atoms with Crippen molar-refractivity contribution in [3.8, 4) is 10.6 Å². The molecular formula is C14H16N2O3S2. The normalized spacial score (nSPS) is 11.2. The van der Waals surface area contributed by atoms with Gasteiger partial charge in [0, 0.05) is 10.9 Å². The van der Waals surface area contributed by atoms with Crippen LogP contribution in [-0.2, 0) is 9.53 Å². The molecule has 21 heavy (non-hydrogen) atoms. The van der Waals surface area contributed by atoms with E-state index in [1.807, 2.05) is 16.8 Å². The van der Waals surface area contributed by atoms with E-state index in [9.17, 15) is 9.59 Å². The lowest BCUT2D eigenvalue weighted by molar-refractivity contribution is -0.146. The van der Waals surface area contributed by atoms with Gasteiger partial charge in [-0.2, -0.15) is 11.3 Å². The SMILES string of the molecule is COC(=O)C(C)(C)NC(=O)c1sc(-c2ccsc2)nc1C. The van der Waals surface area contributed by atoms with Gasteiger partial charge in [-0.25, -0.2) is 9.78 Å². The number of aryl methyl sites for hydroxylation is 1. The maximum atomic E-state index is 12.3. The van der Waals surface area contributed by atoms with Gasteiger partial charge >= 0.3 is 5.97 Å². The van der Waals surface area contributed by atoms with E-state index < -0.39 is 11.5 Å². The summed E-state index contributed by atoms with van der Waals surface area (Å²) < 4.78 is 4.68. The highest BCUT2D eigenvalue weighted by Gasteiger charge is 2.32. The number of ether oxygens (including phenoxy) is 1. The molecule has 0 aliphatic rings. The number of nitrogens with one attached hydrogen (secondary N) is 1. The molecule has 7 heteroatoms. The predicted molar refractivity (Wildman–Crippen MR) is 83.7 cm³/mol. The molecule has 1 amide bonds. The lowest BCUT2D eigenvalue weighted by Gasteiger charge is -2.22. The number of esters is 1. The Morgan fingerprint density at radius 1 is 1.38 bits per heavy atom. The predicted octanol–water partition coefficient (Wildman–Crippen LogP) is 2.86. The third-order valence-corrected chi connectivity index (χ3v) is 4.78. The van der Waals surface area contributed by atoms with Crippen LogP contribution in [0.25, 0.3) is 10.6 Å². The van der Waals surface area contributed by atoms with E-state index in [2.05, 4.69) is 15.0 Å². The monoisotopic (exact) mass is 324 g/mol. The maximum Gasteiger partial charge on any atom is 0.330 e. The van der Waals surface area contributed by atoms with Gasteiger partial charge in [-0.1, -0.05) is 0 Å². The first-order chi connectivity index (χ1) is 9.85. The van der Waals surface area contributed by atoms with Crippen LogP contribution in [0.4, 0.5) is 0 Å². The third-order valence-electron chi connectivity index (χ3n) is 2.89. The highest BCUT2D eigenvalue weighted by molar-refractivity contribution is 7.17. The summed E-state index contributed by atoms with van der Waals surface area (Å²) in [6.45, 7) is 4.99. The molecule has 0 aliphatic heterocycles. The van der Waals surface area contributed by atoms with Crippen LogP contribution in [0, 0.1) is 6.92 Å². The molecule has 2 rings (SSSR count). The molecule has 0 bridgehead atoms. The van der Waals surface area contributed by atoms with Crippen molar-refractivity contribution in [3.05, 3.63) is 27.4 Å². The average Bonchev–Trinajstić information content (AvgIpc) is 3.05. The number of nitrogens with zero attached hydrogens (tertiary/aromatic N) is 1. The van der Waals surface area contributed by atoms with Gasteiger partial charge in [0.25, 0.3) is 5.91 Å². The van der Waals surface area contributed by atoms with E-state index >= 15 is 0 Å². The zero-order valence-electron chi connectivity index (χ0n) is 12.2. The average molecular weight is 324 g/mol. The van der Waals surface area contributed by atoms with Crippen LogP contribution in [0.15, 0.2) is 16.8 Å². The number of hydrogen-bond donors (Lipinski definition) is 1. The van der Waals surface area contributed by atoms with Crippen molar-refractivity contribution in [1.29, 1.82) is 0 Å². The van der Waals surface area contributed by atoms with E-state index in [0.29, 0.717) is 10.6 Å². The van der Waals surface area contributed by atoms with Gasteiger partial charge in [-0.3, -0.25) is 4.79 Å². The molecule has 112 valence electrons. The summed E-state index contributed by atoms with van der Waals surface area (Å²) in [5, 5.41) is 7.43. The van der Waals surface area contributed by atoms with Crippen LogP contribution in [0.5, 0.6) is 0 Å². The second-order valence-electron chi connectivity index (χ2n) is 5.02. The van der Waals surface area contributed by atoms with Gasteiger partial charge in [0.15, 0.2) is 0 Å². The first-order valence-corrected chi connectivity index (χ1v) is 8.02. The van der Waals surface area contributed by atoms with Crippen molar-refractivity contribution in [2.45, 2.75) is 26.3 Å². The Bertz CT molecular complexity index is 660. The minimum absolute atomic E-state index is 0.318. The number of rotatable bonds is 4. The molecule has 0 saturated heterocycles. The number of carbonyl (C=O) groups excluding carboxylic acids is 2. The van der Waals surface area contributed by atoms with Crippen LogP contribution in [0.1, 0.15) is 29.2 Å². The zero-order chi connectivity index (χ0) is 15.6. The minimum atomic E-state index is -1.08. The van der Waals surface area contributed by atoms with Gasteiger partial charge in [0.1, 0.15) is 15.4 Å². The quantitative estimate of drug-likeness (QED) is 0.878. The number of carbonyl (C=O) groups is 2. The Balaban J connectivity index is 2.23. The summed E-state index contributed by atoms with van der Waals surface area (Å²) >= 11 is 2.90.